The number of carbonyl (C=O) groups is 1. The molecule has 0 atom stereocenters. The van der Waals surface area contributed by atoms with Gasteiger partial charge in [-0.05, 0) is 32.3 Å². The summed E-state index contributed by atoms with van der Waals surface area (Å²) in [4.78, 5) is 13.3. The number of piperidine rings is 1. The molecule has 1 heterocycles. The molecule has 2 heteroatoms. The van der Waals surface area contributed by atoms with Gasteiger partial charge in [0.15, 0.2) is 5.78 Å². The van der Waals surface area contributed by atoms with Crippen molar-refractivity contribution in [1.29, 1.82) is 0 Å². The quantitative estimate of drug-likeness (QED) is 0.619. The first-order chi connectivity index (χ1) is 6.33. The standard InChI is InChI=1S/C11H17NO/c1-2-6-11(13)7-10-12-8-4-3-5-9-12/h2,6-7,10H,3-5,8-9H2,1H3/b6-2+,10-7+. The molecule has 0 unspecified atom stereocenters. The fourth-order valence-electron chi connectivity index (χ4n) is 1.47. The van der Waals surface area contributed by atoms with Crippen molar-refractivity contribution in [3.8, 4) is 0 Å². The van der Waals surface area contributed by atoms with Crippen LogP contribution >= 0.6 is 0 Å². The SMILES string of the molecule is C/C=C/C(=O)/C=C/N1CCCCC1. The maximum absolute atomic E-state index is 11.1. The summed E-state index contributed by atoms with van der Waals surface area (Å²) in [5.41, 5.74) is 0. The van der Waals surface area contributed by atoms with Crippen LogP contribution in [0.1, 0.15) is 26.2 Å². The Morgan fingerprint density at radius 2 is 1.85 bits per heavy atom. The summed E-state index contributed by atoms with van der Waals surface area (Å²) >= 11 is 0. The molecule has 0 spiro atoms. The zero-order valence-corrected chi connectivity index (χ0v) is 8.20. The Morgan fingerprint density at radius 3 is 2.46 bits per heavy atom. The first-order valence-electron chi connectivity index (χ1n) is 4.92. The molecule has 1 aliphatic rings. The molecule has 0 aromatic carbocycles. The highest BCUT2D eigenvalue weighted by atomic mass is 16.1. The molecule has 0 amide bonds. The van der Waals surface area contributed by atoms with Gasteiger partial charge in [0.2, 0.25) is 0 Å². The summed E-state index contributed by atoms with van der Waals surface area (Å²) in [5, 5.41) is 0. The average molecular weight is 179 g/mol. The van der Waals surface area contributed by atoms with Crippen LogP contribution in [0.5, 0.6) is 0 Å². The van der Waals surface area contributed by atoms with E-state index in [1.54, 1.807) is 18.2 Å². The molecule has 0 saturated carbocycles. The van der Waals surface area contributed by atoms with Crippen LogP contribution in [0, 0.1) is 0 Å². The molecule has 1 fully saturated rings. The Labute approximate surface area is 79.9 Å². The van der Waals surface area contributed by atoms with Gasteiger partial charge in [0.05, 0.1) is 0 Å². The number of hydrogen-bond donors (Lipinski definition) is 0. The molecule has 0 aromatic heterocycles. The summed E-state index contributed by atoms with van der Waals surface area (Å²) in [6.45, 7) is 4.05. The minimum atomic E-state index is 0.0769. The number of carbonyl (C=O) groups excluding carboxylic acids is 1. The van der Waals surface area contributed by atoms with Gasteiger partial charge >= 0.3 is 0 Å². The molecule has 0 aliphatic carbocycles. The first-order valence-corrected chi connectivity index (χ1v) is 4.92. The van der Waals surface area contributed by atoms with Crippen molar-refractivity contribution in [2.45, 2.75) is 26.2 Å². The van der Waals surface area contributed by atoms with Gasteiger partial charge < -0.3 is 4.90 Å². The number of hydrogen-bond acceptors (Lipinski definition) is 2. The van der Waals surface area contributed by atoms with Crippen molar-refractivity contribution in [3.63, 3.8) is 0 Å². The predicted molar refractivity (Wildman–Crippen MR) is 54.4 cm³/mol. The zero-order chi connectivity index (χ0) is 9.52. The van der Waals surface area contributed by atoms with Crippen LogP contribution in [0.25, 0.3) is 0 Å². The van der Waals surface area contributed by atoms with Gasteiger partial charge in [0.1, 0.15) is 0 Å². The lowest BCUT2D eigenvalue weighted by Crippen LogP contribution is -2.24. The normalized spacial score (nSPS) is 18.7. The minimum absolute atomic E-state index is 0.0769. The van der Waals surface area contributed by atoms with Crippen LogP contribution in [-0.2, 0) is 4.79 Å². The second-order valence-corrected chi connectivity index (χ2v) is 3.31. The highest BCUT2D eigenvalue weighted by Crippen LogP contribution is 2.08. The number of rotatable bonds is 3. The van der Waals surface area contributed by atoms with Crippen molar-refractivity contribution >= 4 is 5.78 Å². The lowest BCUT2D eigenvalue weighted by molar-refractivity contribution is -0.110. The summed E-state index contributed by atoms with van der Waals surface area (Å²) in [6, 6.07) is 0. The van der Waals surface area contributed by atoms with Crippen LogP contribution in [-0.4, -0.2) is 23.8 Å². The molecule has 0 bridgehead atoms. The number of likely N-dealkylation sites (tertiary alicyclic amines) is 1. The third-order valence-corrected chi connectivity index (χ3v) is 2.17. The van der Waals surface area contributed by atoms with Crippen molar-refractivity contribution in [3.05, 3.63) is 24.4 Å². The first kappa shape index (κ1) is 10.0. The summed E-state index contributed by atoms with van der Waals surface area (Å²) in [5.74, 6) is 0.0769. The Kier molecular flexibility index (Phi) is 4.30. The third-order valence-electron chi connectivity index (χ3n) is 2.17. The maximum Gasteiger partial charge on any atom is 0.179 e. The van der Waals surface area contributed by atoms with E-state index < -0.39 is 0 Å². The van der Waals surface area contributed by atoms with Crippen LogP contribution in [0.4, 0.5) is 0 Å². The molecule has 0 N–H and O–H groups in total. The number of ketones is 1. The lowest BCUT2D eigenvalue weighted by atomic mass is 10.1. The maximum atomic E-state index is 11.1. The van der Waals surface area contributed by atoms with Crippen molar-refractivity contribution in [2.75, 3.05) is 13.1 Å². The fourth-order valence-corrected chi connectivity index (χ4v) is 1.47. The molecular weight excluding hydrogens is 162 g/mol. The Morgan fingerprint density at radius 1 is 1.15 bits per heavy atom. The van der Waals surface area contributed by atoms with E-state index in [0.29, 0.717) is 0 Å². The molecule has 0 radical (unpaired) electrons. The van der Waals surface area contributed by atoms with Crippen LogP contribution < -0.4 is 0 Å². The van der Waals surface area contributed by atoms with Gasteiger partial charge in [-0.3, -0.25) is 4.79 Å². The summed E-state index contributed by atoms with van der Waals surface area (Å²) < 4.78 is 0. The monoisotopic (exact) mass is 179 g/mol. The van der Waals surface area contributed by atoms with E-state index in [-0.39, 0.29) is 5.78 Å². The number of nitrogens with zero attached hydrogens (tertiary/aromatic N) is 1. The average Bonchev–Trinajstić information content (AvgIpc) is 2.17. The third kappa shape index (κ3) is 3.92. The molecule has 1 rings (SSSR count). The lowest BCUT2D eigenvalue weighted by Gasteiger charge is -2.24. The zero-order valence-electron chi connectivity index (χ0n) is 8.20. The smallest absolute Gasteiger partial charge is 0.179 e. The van der Waals surface area contributed by atoms with Gasteiger partial charge in [0, 0.05) is 25.4 Å². The van der Waals surface area contributed by atoms with Gasteiger partial charge in [-0.15, -0.1) is 0 Å². The molecule has 2 nitrogen and oxygen atoms in total. The van der Waals surface area contributed by atoms with Gasteiger partial charge in [0.25, 0.3) is 0 Å². The predicted octanol–water partition coefficient (Wildman–Crippen LogP) is 2.13. The molecule has 13 heavy (non-hydrogen) atoms. The highest BCUT2D eigenvalue weighted by Gasteiger charge is 2.04. The van der Waals surface area contributed by atoms with Crippen molar-refractivity contribution < 1.29 is 4.79 Å². The minimum Gasteiger partial charge on any atom is -0.377 e. The van der Waals surface area contributed by atoms with Gasteiger partial charge in [-0.1, -0.05) is 6.08 Å². The molecule has 0 aromatic rings. The van der Waals surface area contributed by atoms with Gasteiger partial charge in [-0.2, -0.15) is 0 Å². The summed E-state index contributed by atoms with van der Waals surface area (Å²) in [6.07, 6.45) is 10.7. The Hall–Kier alpha value is -1.05. The van der Waals surface area contributed by atoms with Gasteiger partial charge in [-0.25, -0.2) is 0 Å². The second-order valence-electron chi connectivity index (χ2n) is 3.31. The fraction of sp³-hybridized carbons (Fsp3) is 0.545. The topological polar surface area (TPSA) is 20.3 Å². The molecule has 1 saturated heterocycles. The van der Waals surface area contributed by atoms with E-state index in [0.717, 1.165) is 13.1 Å². The number of allylic oxidation sites excluding steroid dienone is 3. The second kappa shape index (κ2) is 5.57. The Bertz CT molecular complexity index is 212. The van der Waals surface area contributed by atoms with Crippen molar-refractivity contribution in [2.24, 2.45) is 0 Å². The largest absolute Gasteiger partial charge is 0.377 e. The van der Waals surface area contributed by atoms with E-state index in [9.17, 15) is 4.79 Å². The van der Waals surface area contributed by atoms with E-state index in [2.05, 4.69) is 4.90 Å². The molecule has 1 aliphatic heterocycles. The van der Waals surface area contributed by atoms with Crippen LogP contribution in [0.2, 0.25) is 0 Å². The van der Waals surface area contributed by atoms with E-state index in [4.69, 9.17) is 0 Å². The molecular formula is C11H17NO. The molecule has 72 valence electrons. The summed E-state index contributed by atoms with van der Waals surface area (Å²) in [7, 11) is 0. The van der Waals surface area contributed by atoms with E-state index >= 15 is 0 Å². The Balaban J connectivity index is 2.33. The van der Waals surface area contributed by atoms with Crippen LogP contribution in [0.15, 0.2) is 24.4 Å². The van der Waals surface area contributed by atoms with E-state index in [1.807, 2.05) is 13.1 Å². The van der Waals surface area contributed by atoms with E-state index in [1.165, 1.54) is 19.3 Å². The van der Waals surface area contributed by atoms with Crippen LogP contribution in [0.3, 0.4) is 0 Å². The van der Waals surface area contributed by atoms with Crippen molar-refractivity contribution in [1.82, 2.24) is 4.90 Å². The highest BCUT2D eigenvalue weighted by molar-refractivity contribution is 5.98.